The molecule has 22 heteroatoms. The summed E-state index contributed by atoms with van der Waals surface area (Å²) >= 11 is 1.40. The van der Waals surface area contributed by atoms with Crippen molar-refractivity contribution in [1.82, 2.24) is 26.6 Å². The Bertz CT molecular complexity index is 2480. The number of ketones is 1. The fourth-order valence-electron chi connectivity index (χ4n) is 9.34. The van der Waals surface area contributed by atoms with Crippen LogP contribution in [0.1, 0.15) is 127 Å². The van der Waals surface area contributed by atoms with Crippen molar-refractivity contribution in [3.05, 3.63) is 95.4 Å². The zero-order chi connectivity index (χ0) is 62.1. The predicted molar refractivity (Wildman–Crippen MR) is 328 cm³/mol. The van der Waals surface area contributed by atoms with Crippen molar-refractivity contribution in [2.24, 2.45) is 29.2 Å². The number of fused-ring (bicyclic) bond motifs is 1. The molecule has 4 aliphatic rings. The number of Topliss-reactive ketones (excluding diaryl/α,β-unsaturated/α-hetero) is 1. The number of benzene rings is 2. The Morgan fingerprint density at radius 1 is 0.635 bits per heavy atom. The number of carbonyl (C=O) groups is 6. The van der Waals surface area contributed by atoms with Crippen molar-refractivity contribution in [3.8, 4) is 0 Å². The number of nitrogens with two attached hydrogens (primary N) is 2. The van der Waals surface area contributed by atoms with Crippen LogP contribution in [0, 0.1) is 17.8 Å². The molecule has 0 spiro atoms. The standard InChI is InChI=1S/C22H28N2O4S.C21H30N2O5.C13H26N2O3.C7H13NO2/c1-14(2)11-17(21(26)23-16-8-5-6-10-28-13-18(16)25)24-22(27)20-12-15-7-3-4-9-19(15)29-20;1-15(2)12-18(23-21(26)28-13-16-8-4-3-5-9-16)20(25)22-17-10-6-7-11-27-14-19(17)24;1-9(2)7-10(14)13(17)15-11-5-3-4-6-18-8-12(11)16;8-6-3-1-2-4-10-5-7(6)9/h3-4,7,9,12,14,16-17H,5-6,8,10-11,13H2,1-2H3,(H,23,26)(H,24,27);3-9,15,17-19,24H,10-14H2,1-2H3,(H,22,25)(H,23,26);9-12,16H,3-8,14H2,1-2H3,(H,15,17);1-2,6-7,9H,3-5,8H2/b;7-6-;;2-1-/t16-,17-;17-,18-,19?;10-,11-,12?;6-,7?/m0000/s1. The van der Waals surface area contributed by atoms with Crippen LogP contribution >= 0.6 is 11.3 Å². The van der Waals surface area contributed by atoms with Crippen molar-refractivity contribution >= 4 is 56.9 Å². The summed E-state index contributed by atoms with van der Waals surface area (Å²) in [5.74, 6) is -0.419. The Morgan fingerprint density at radius 3 is 1.87 bits per heavy atom. The minimum Gasteiger partial charge on any atom is -0.445 e. The van der Waals surface area contributed by atoms with E-state index in [2.05, 4.69) is 26.6 Å². The van der Waals surface area contributed by atoms with Crippen LogP contribution in [0.4, 0.5) is 4.79 Å². The van der Waals surface area contributed by atoms with Crippen LogP contribution in [-0.2, 0) is 49.5 Å². The number of amides is 5. The van der Waals surface area contributed by atoms with Gasteiger partial charge in [-0.2, -0.15) is 0 Å². The maximum absolute atomic E-state index is 12.9. The molecule has 3 unspecified atom stereocenters. The summed E-state index contributed by atoms with van der Waals surface area (Å²) in [6, 6.07) is 15.6. The molecule has 21 nitrogen and oxygen atoms in total. The lowest BCUT2D eigenvalue weighted by atomic mass is 10.0. The Labute approximate surface area is 506 Å². The Morgan fingerprint density at radius 2 is 1.20 bits per heavy atom. The molecule has 0 aliphatic carbocycles. The lowest BCUT2D eigenvalue weighted by molar-refractivity contribution is -0.132. The number of aliphatic hydroxyl groups excluding tert-OH is 3. The molecule has 474 valence electrons. The van der Waals surface area contributed by atoms with Crippen LogP contribution in [0.15, 0.2) is 85.0 Å². The van der Waals surface area contributed by atoms with Crippen molar-refractivity contribution < 1.29 is 67.8 Å². The van der Waals surface area contributed by atoms with E-state index in [0.717, 1.165) is 54.2 Å². The highest BCUT2D eigenvalue weighted by Gasteiger charge is 2.31. The van der Waals surface area contributed by atoms with Gasteiger partial charge in [0.2, 0.25) is 17.7 Å². The molecule has 2 saturated heterocycles. The predicted octanol–water partition coefficient (Wildman–Crippen LogP) is 5.51. The van der Waals surface area contributed by atoms with E-state index in [-0.39, 0.29) is 79.8 Å². The van der Waals surface area contributed by atoms with E-state index in [1.807, 2.05) is 127 Å². The van der Waals surface area contributed by atoms with E-state index in [9.17, 15) is 44.1 Å². The summed E-state index contributed by atoms with van der Waals surface area (Å²) in [5.41, 5.74) is 12.3. The maximum atomic E-state index is 12.9. The second-order valence-corrected chi connectivity index (χ2v) is 24.2. The molecule has 10 atom stereocenters. The lowest BCUT2D eigenvalue weighted by Gasteiger charge is -2.27. The van der Waals surface area contributed by atoms with Crippen molar-refractivity contribution in [1.29, 1.82) is 0 Å². The van der Waals surface area contributed by atoms with Crippen molar-refractivity contribution in [3.63, 3.8) is 0 Å². The van der Waals surface area contributed by atoms with Crippen LogP contribution in [0.25, 0.3) is 10.1 Å². The third kappa shape index (κ3) is 28.6. The van der Waals surface area contributed by atoms with E-state index in [0.29, 0.717) is 75.9 Å². The molecule has 0 saturated carbocycles. The van der Waals surface area contributed by atoms with Crippen LogP contribution in [-0.4, -0.2) is 164 Å². The van der Waals surface area contributed by atoms with Gasteiger partial charge in [-0.05, 0) is 111 Å². The lowest BCUT2D eigenvalue weighted by Crippen LogP contribution is -2.53. The summed E-state index contributed by atoms with van der Waals surface area (Å²) in [7, 11) is 0. The minimum atomic E-state index is -0.807. The second kappa shape index (κ2) is 39.9. The Balaban J connectivity index is 0.000000258. The van der Waals surface area contributed by atoms with Gasteiger partial charge in [-0.1, -0.05) is 114 Å². The monoisotopic (exact) mass is 1210 g/mol. The summed E-state index contributed by atoms with van der Waals surface area (Å²) in [5, 5.41) is 44.3. The molecular formula is C63H97N7O14S. The number of alkyl carbamates (subject to hydrolysis) is 1. The molecule has 7 rings (SSSR count). The van der Waals surface area contributed by atoms with E-state index in [4.69, 9.17) is 35.2 Å². The number of carbonyl (C=O) groups excluding carboxylic acids is 6. The van der Waals surface area contributed by atoms with Gasteiger partial charge < -0.3 is 77.1 Å². The summed E-state index contributed by atoms with van der Waals surface area (Å²) in [6.45, 7) is 15.2. The van der Waals surface area contributed by atoms with Gasteiger partial charge in [0, 0.05) is 24.0 Å². The molecule has 2 fully saturated rings. The zero-order valence-electron chi connectivity index (χ0n) is 50.6. The highest BCUT2D eigenvalue weighted by atomic mass is 32.1. The van der Waals surface area contributed by atoms with Gasteiger partial charge in [-0.25, -0.2) is 4.79 Å². The van der Waals surface area contributed by atoms with Crippen molar-refractivity contribution in [2.45, 2.75) is 179 Å². The van der Waals surface area contributed by atoms with E-state index in [1.165, 1.54) is 11.3 Å². The minimum absolute atomic E-state index is 0.0218. The van der Waals surface area contributed by atoms with E-state index in [1.54, 1.807) is 0 Å². The molecule has 85 heavy (non-hydrogen) atoms. The van der Waals surface area contributed by atoms with Gasteiger partial charge in [0.25, 0.3) is 5.91 Å². The van der Waals surface area contributed by atoms with Gasteiger partial charge in [0.15, 0.2) is 5.78 Å². The number of thiophene rings is 1. The quantitative estimate of drug-likeness (QED) is 0.0746. The molecule has 4 aliphatic heterocycles. The first-order chi connectivity index (χ1) is 40.7. The highest BCUT2D eigenvalue weighted by Crippen LogP contribution is 2.26. The number of ether oxygens (including phenoxy) is 5. The number of aliphatic hydroxyl groups is 3. The molecule has 3 aromatic rings. The number of hydrogen-bond donors (Lipinski definition) is 10. The summed E-state index contributed by atoms with van der Waals surface area (Å²) in [4.78, 5) is 75.4. The summed E-state index contributed by atoms with van der Waals surface area (Å²) < 4.78 is 27.2. The molecule has 12 N–H and O–H groups in total. The molecular weight excluding hydrogens is 1110 g/mol. The number of rotatable bonds is 17. The number of nitrogens with one attached hydrogen (secondary N) is 5. The average molecular weight is 1210 g/mol. The largest absolute Gasteiger partial charge is 0.445 e. The number of hydrogen-bond acceptors (Lipinski definition) is 17. The molecule has 0 bridgehead atoms. The SMILES string of the molecule is CC(C)C[C@H](N)C(=O)N[C@H]1CCCCOCC1O.CC(C)C[C@H](NC(=O)OCc1ccccc1)C(=O)N[C@H]1C/C=C\COCC1O.CC(C)C[C@H](NC(=O)c1cc2ccccc2s1)C(=O)N[C@H]1CCCCOCC1=O.N[C@H]1C/C=C\COCC1O. The van der Waals surface area contributed by atoms with Crippen LogP contribution < -0.4 is 38.1 Å². The average Bonchev–Trinajstić information content (AvgIpc) is 3.70. The van der Waals surface area contributed by atoms with Crippen LogP contribution in [0.3, 0.4) is 0 Å². The van der Waals surface area contributed by atoms with Gasteiger partial charge in [-0.3, -0.25) is 24.0 Å². The second-order valence-electron chi connectivity index (χ2n) is 23.2. The van der Waals surface area contributed by atoms with Crippen LogP contribution in [0.2, 0.25) is 0 Å². The summed E-state index contributed by atoms with van der Waals surface area (Å²) in [6.07, 6.45) is 12.8. The molecule has 2 aromatic carbocycles. The van der Waals surface area contributed by atoms with Gasteiger partial charge in [0.05, 0.1) is 80.4 Å². The normalized spacial score (nSPS) is 23.9. The molecule has 0 radical (unpaired) electrons. The fourth-order valence-corrected chi connectivity index (χ4v) is 10.3. The third-order valence-corrected chi connectivity index (χ3v) is 15.2. The van der Waals surface area contributed by atoms with Gasteiger partial charge in [-0.15, -0.1) is 11.3 Å². The molecule has 5 amide bonds. The topological polar surface area (TPSA) is 321 Å². The van der Waals surface area contributed by atoms with Crippen LogP contribution in [0.5, 0.6) is 0 Å². The first-order valence-electron chi connectivity index (χ1n) is 30.1. The van der Waals surface area contributed by atoms with Gasteiger partial charge in [0.1, 0.15) is 25.3 Å². The van der Waals surface area contributed by atoms with E-state index < -0.39 is 54.6 Å². The molecule has 1 aromatic heterocycles. The first kappa shape index (κ1) is 71.8. The smallest absolute Gasteiger partial charge is 0.408 e. The van der Waals surface area contributed by atoms with E-state index >= 15 is 0 Å². The van der Waals surface area contributed by atoms with Crippen molar-refractivity contribution in [2.75, 3.05) is 52.9 Å². The Hall–Kier alpha value is -5.66. The highest BCUT2D eigenvalue weighted by molar-refractivity contribution is 7.20. The van der Waals surface area contributed by atoms with Gasteiger partial charge >= 0.3 is 6.09 Å². The maximum Gasteiger partial charge on any atom is 0.408 e. The zero-order valence-corrected chi connectivity index (χ0v) is 51.4. The third-order valence-electron chi connectivity index (χ3n) is 14.1. The first-order valence-corrected chi connectivity index (χ1v) is 30.9. The Kier molecular flexibility index (Phi) is 33.7. The molecule has 5 heterocycles. The fraction of sp³-hybridized carbons (Fsp3) is 0.619.